The summed E-state index contributed by atoms with van der Waals surface area (Å²) < 4.78 is 6.23. The molecule has 0 saturated carbocycles. The summed E-state index contributed by atoms with van der Waals surface area (Å²) in [5, 5.41) is 4.57. The van der Waals surface area contributed by atoms with Crippen LogP contribution in [0.4, 0.5) is 0 Å². The van der Waals surface area contributed by atoms with Crippen molar-refractivity contribution in [3.8, 4) is 44.8 Å². The molecule has 4 heterocycles. The smallest absolute Gasteiger partial charge is 0.216 e. The number of pyridine rings is 3. The van der Waals surface area contributed by atoms with Gasteiger partial charge >= 0.3 is 0 Å². The summed E-state index contributed by atoms with van der Waals surface area (Å²) in [7, 11) is 0. The number of rotatable bonds is 4. The van der Waals surface area contributed by atoms with Gasteiger partial charge in [-0.05, 0) is 119 Å². The molecule has 4 nitrogen and oxygen atoms in total. The Balaban J connectivity index is 0.000000199. The van der Waals surface area contributed by atoms with Gasteiger partial charge in [0.15, 0.2) is 0 Å². The number of furan rings is 1. The zero-order valence-corrected chi connectivity index (χ0v) is 37.0. The largest absolute Gasteiger partial charge is 0.486 e. The van der Waals surface area contributed by atoms with Gasteiger partial charge in [-0.2, -0.15) is 0 Å². The van der Waals surface area contributed by atoms with Crippen LogP contribution >= 0.6 is 0 Å². The van der Waals surface area contributed by atoms with Crippen LogP contribution in [0.3, 0.4) is 0 Å². The van der Waals surface area contributed by atoms with Gasteiger partial charge in [-0.15, -0.1) is 47.5 Å². The number of hydrogen-bond acceptors (Lipinski definition) is 4. The van der Waals surface area contributed by atoms with Crippen molar-refractivity contribution in [2.45, 2.75) is 67.7 Å². The van der Waals surface area contributed by atoms with Crippen LogP contribution in [-0.2, 0) is 25.5 Å². The van der Waals surface area contributed by atoms with Crippen molar-refractivity contribution in [1.29, 1.82) is 0 Å². The molecule has 0 aliphatic heterocycles. The van der Waals surface area contributed by atoms with Crippen molar-refractivity contribution >= 4 is 32.8 Å². The van der Waals surface area contributed by atoms with E-state index in [1.807, 2.05) is 43.6 Å². The zero-order chi connectivity index (χ0) is 40.0. The van der Waals surface area contributed by atoms with Crippen LogP contribution in [-0.4, -0.2) is 15.0 Å². The van der Waals surface area contributed by atoms with Gasteiger partial charge in [0.05, 0.1) is 5.58 Å². The van der Waals surface area contributed by atoms with Gasteiger partial charge in [0.25, 0.3) is 0 Å². The first-order valence-electron chi connectivity index (χ1n) is 19.6. The van der Waals surface area contributed by atoms with E-state index in [4.69, 9.17) is 9.40 Å². The topological polar surface area (TPSA) is 51.8 Å². The third-order valence-electron chi connectivity index (χ3n) is 11.0. The Morgan fingerprint density at radius 1 is 0.569 bits per heavy atom. The second kappa shape index (κ2) is 16.3. The van der Waals surface area contributed by atoms with Crippen molar-refractivity contribution in [2.24, 2.45) is 0 Å². The molecule has 0 spiro atoms. The van der Waals surface area contributed by atoms with Gasteiger partial charge in [0.1, 0.15) is 0 Å². The Bertz CT molecular complexity index is 2960. The van der Waals surface area contributed by atoms with E-state index in [1.54, 1.807) is 0 Å². The molecule has 0 aliphatic rings. The number of hydrogen-bond donors (Lipinski definition) is 0. The molecule has 58 heavy (non-hydrogen) atoms. The van der Waals surface area contributed by atoms with Crippen LogP contribution in [0.2, 0.25) is 0 Å². The maximum absolute atomic E-state index is 6.23. The molecule has 5 heteroatoms. The van der Waals surface area contributed by atoms with Crippen LogP contribution in [0.25, 0.3) is 77.6 Å². The Morgan fingerprint density at radius 2 is 1.31 bits per heavy atom. The molecule has 0 saturated heterocycles. The van der Waals surface area contributed by atoms with Crippen LogP contribution in [0.1, 0.15) is 59.8 Å². The number of aromatic nitrogens is 3. The first-order chi connectivity index (χ1) is 27.3. The van der Waals surface area contributed by atoms with Crippen LogP contribution in [0.5, 0.6) is 0 Å². The first-order valence-corrected chi connectivity index (χ1v) is 19.6. The van der Waals surface area contributed by atoms with E-state index < -0.39 is 0 Å². The SMILES string of the molecule is Cc1ccc2c(n1)oc1c(-c3cc(-c4cc5ccc(C(C)(C)C)cc5cc4C)c(C)cn3)[c-]ccc12.Cc1cnc(-c2[c-]cc(C)c(-c3ccccc3)c2)cc1C.[Ir]. The fraction of sp³-hybridized carbons (Fsp3) is 0.189. The van der Waals surface area contributed by atoms with Gasteiger partial charge in [-0.1, -0.05) is 117 Å². The first kappa shape index (κ1) is 40.5. The fourth-order valence-electron chi connectivity index (χ4n) is 7.44. The fourth-order valence-corrected chi connectivity index (χ4v) is 7.44. The molecule has 0 amide bonds. The Labute approximate surface area is 355 Å². The average molecular weight is 934 g/mol. The molecule has 0 unspecified atom stereocenters. The second-order valence-corrected chi connectivity index (χ2v) is 16.3. The Hall–Kier alpha value is -5.74. The maximum Gasteiger partial charge on any atom is 0.216 e. The van der Waals surface area contributed by atoms with Gasteiger partial charge in [0, 0.05) is 43.6 Å². The summed E-state index contributed by atoms with van der Waals surface area (Å²) in [4.78, 5) is 13.9. The molecule has 291 valence electrons. The molecule has 1 radical (unpaired) electrons. The molecule has 0 N–H and O–H groups in total. The predicted molar refractivity (Wildman–Crippen MR) is 238 cm³/mol. The van der Waals surface area contributed by atoms with Crippen molar-refractivity contribution in [3.05, 3.63) is 173 Å². The molecular formula is C53H47IrN3O-2. The Kier molecular flexibility index (Phi) is 11.3. The normalized spacial score (nSPS) is 11.4. The van der Waals surface area contributed by atoms with Crippen molar-refractivity contribution < 1.29 is 24.5 Å². The summed E-state index contributed by atoms with van der Waals surface area (Å²) in [6.45, 7) is 19.4. The van der Waals surface area contributed by atoms with E-state index >= 15 is 0 Å². The van der Waals surface area contributed by atoms with Gasteiger partial charge < -0.3 is 14.4 Å². The van der Waals surface area contributed by atoms with Crippen LogP contribution in [0.15, 0.2) is 126 Å². The maximum atomic E-state index is 6.23. The third-order valence-corrected chi connectivity index (χ3v) is 11.0. The molecule has 0 fully saturated rings. The third kappa shape index (κ3) is 8.03. The molecule has 5 aromatic carbocycles. The Morgan fingerprint density at radius 3 is 2.07 bits per heavy atom. The number of aryl methyl sites for hydroxylation is 6. The summed E-state index contributed by atoms with van der Waals surface area (Å²) >= 11 is 0. The van der Waals surface area contributed by atoms with E-state index in [9.17, 15) is 0 Å². The predicted octanol–water partition coefficient (Wildman–Crippen LogP) is 14.0. The van der Waals surface area contributed by atoms with E-state index in [2.05, 4.69) is 162 Å². The molecule has 9 rings (SSSR count). The summed E-state index contributed by atoms with van der Waals surface area (Å²) in [5.74, 6) is 0. The molecule has 4 aromatic heterocycles. The minimum absolute atomic E-state index is 0. The van der Waals surface area contributed by atoms with Gasteiger partial charge in [-0.25, -0.2) is 4.98 Å². The quantitative estimate of drug-likeness (QED) is 0.165. The molecule has 0 bridgehead atoms. The monoisotopic (exact) mass is 934 g/mol. The summed E-state index contributed by atoms with van der Waals surface area (Å²) in [5.41, 5.74) is 18.5. The molecular weight excluding hydrogens is 887 g/mol. The van der Waals surface area contributed by atoms with Crippen molar-refractivity contribution in [2.75, 3.05) is 0 Å². The summed E-state index contributed by atoms with van der Waals surface area (Å²) in [6.07, 6.45) is 3.88. The second-order valence-electron chi connectivity index (χ2n) is 16.3. The minimum atomic E-state index is 0. The van der Waals surface area contributed by atoms with Crippen LogP contribution in [0, 0.1) is 53.7 Å². The number of fused-ring (bicyclic) bond motifs is 4. The minimum Gasteiger partial charge on any atom is -0.486 e. The van der Waals surface area contributed by atoms with E-state index in [1.165, 1.54) is 60.8 Å². The van der Waals surface area contributed by atoms with E-state index in [-0.39, 0.29) is 25.5 Å². The summed E-state index contributed by atoms with van der Waals surface area (Å²) in [6, 6.07) is 45.2. The van der Waals surface area contributed by atoms with E-state index in [0.29, 0.717) is 5.71 Å². The van der Waals surface area contributed by atoms with Crippen molar-refractivity contribution in [1.82, 2.24) is 15.0 Å². The standard InChI is InChI=1S/C33H29N2O.C20H18N.Ir/c1-19-14-23-15-24(33(4,5)6)12-11-22(23)16-28(19)29-17-30(34-18-20(29)2)27-9-7-8-25-26-13-10-21(3)35-32(26)36-31(25)27;1-14-9-10-18(20-11-15(2)16(3)13-21-20)12-19(14)17-7-5-4-6-8-17;/h7-8,10-18H,1-6H3;4-9,11-13H,1-3H3;/q2*-1;. The molecule has 9 aromatic rings. The molecule has 0 aliphatic carbocycles. The molecule has 0 atom stereocenters. The van der Waals surface area contributed by atoms with Crippen LogP contribution < -0.4 is 0 Å². The van der Waals surface area contributed by atoms with Gasteiger partial charge in [-0.3, -0.25) is 0 Å². The number of benzene rings is 5. The van der Waals surface area contributed by atoms with Crippen molar-refractivity contribution in [3.63, 3.8) is 0 Å². The van der Waals surface area contributed by atoms with Gasteiger partial charge in [0.2, 0.25) is 5.71 Å². The zero-order valence-electron chi connectivity index (χ0n) is 34.6. The average Bonchev–Trinajstić information content (AvgIpc) is 3.57. The number of nitrogens with zero attached hydrogens (tertiary/aromatic N) is 3. The van der Waals surface area contributed by atoms with E-state index in [0.717, 1.165) is 50.1 Å².